The molecule has 1 amide bonds. The first-order valence-electron chi connectivity index (χ1n) is 9.03. The predicted molar refractivity (Wildman–Crippen MR) is 98.5 cm³/mol. The molecule has 148 valence electrons. The molecule has 0 saturated heterocycles. The van der Waals surface area contributed by atoms with E-state index in [1.165, 1.54) is 19.2 Å². The van der Waals surface area contributed by atoms with Gasteiger partial charge in [0.25, 0.3) is 0 Å². The average Bonchev–Trinajstić information content (AvgIpc) is 3.01. The third-order valence-electron chi connectivity index (χ3n) is 4.32. The first-order valence-corrected chi connectivity index (χ1v) is 8.53. The van der Waals surface area contributed by atoms with Gasteiger partial charge in [-0.25, -0.2) is 15.0 Å². The van der Waals surface area contributed by atoms with E-state index < -0.39 is 24.2 Å². The smallest absolute Gasteiger partial charge is 0.356 e. The first-order chi connectivity index (χ1) is 13.6. The van der Waals surface area contributed by atoms with Crippen LogP contribution in [0.1, 0.15) is 21.6 Å². The maximum Gasteiger partial charge on any atom is 0.405 e. The summed E-state index contributed by atoms with van der Waals surface area (Å²) in [6.07, 6.45) is -1.16. The van der Waals surface area contributed by atoms with Crippen LogP contribution in [0.5, 0.6) is 0 Å². The summed E-state index contributed by atoms with van der Waals surface area (Å²) in [4.78, 5) is 27.9. The Morgan fingerprint density at radius 3 is 2.79 bits per heavy atom. The first kappa shape index (κ1) is 18.2. The predicted octanol–water partition coefficient (Wildman–Crippen LogP) is 3.28. The van der Waals surface area contributed by atoms with E-state index in [2.05, 4.69) is 25.3 Å². The number of carbonyl (C=O) groups excluding carboxylic acids is 1. The minimum atomic E-state index is -4.50. The molecule has 0 aliphatic rings. The van der Waals surface area contributed by atoms with Crippen LogP contribution in [0.3, 0.4) is 0 Å². The molecule has 0 saturated carbocycles. The number of H-pyrrole nitrogens is 1. The van der Waals surface area contributed by atoms with E-state index in [1.54, 1.807) is 25.3 Å². The summed E-state index contributed by atoms with van der Waals surface area (Å²) in [5.74, 6) is -0.317. The molecule has 0 aliphatic heterocycles. The Morgan fingerprint density at radius 1 is 1.29 bits per heavy atom. The van der Waals surface area contributed by atoms with Gasteiger partial charge < -0.3 is 15.6 Å². The molecule has 0 aliphatic carbocycles. The van der Waals surface area contributed by atoms with Crippen LogP contribution in [-0.4, -0.2) is 44.1 Å². The number of halogens is 3. The Kier molecular flexibility index (Phi) is 4.84. The van der Waals surface area contributed by atoms with Crippen molar-refractivity contribution >= 4 is 22.8 Å². The number of amides is 1. The van der Waals surface area contributed by atoms with Crippen molar-refractivity contribution in [3.8, 4) is 11.4 Å². The van der Waals surface area contributed by atoms with E-state index in [0.29, 0.717) is 16.6 Å². The minimum absolute atomic E-state index is 0.0806. The van der Waals surface area contributed by atoms with Crippen LogP contribution in [0, 0.1) is 0 Å². The Balaban J connectivity index is 1.88. The van der Waals surface area contributed by atoms with Crippen molar-refractivity contribution in [2.75, 3.05) is 11.9 Å². The van der Waals surface area contributed by atoms with Crippen molar-refractivity contribution in [3.05, 3.63) is 36.8 Å². The normalized spacial score (nSPS) is 14.4. The van der Waals surface area contributed by atoms with Gasteiger partial charge in [0.2, 0.25) is 5.91 Å². The van der Waals surface area contributed by atoms with E-state index in [1.807, 2.05) is 5.32 Å². The molecule has 10 heteroatoms. The number of nitrogens with zero attached hydrogens (tertiary/aromatic N) is 3. The second-order valence-corrected chi connectivity index (χ2v) is 6.40. The standard InChI is InChI=1S/C18H19F3N6O/c1-3-17(2,16(28)25-10-18(19,20)21)27-13-6-8-23-15(26-13)12-9-24-14-11(12)5-4-7-22-14/h4-9H,3,10H2,1-2H3,(H,22,24)(H,25,28)(H,23,26,27)/t17-/m1/s1/i9D. The van der Waals surface area contributed by atoms with Crippen molar-refractivity contribution < 1.29 is 19.3 Å². The molecule has 0 bridgehead atoms. The van der Waals surface area contributed by atoms with Crippen LogP contribution in [0.15, 0.2) is 36.8 Å². The Morgan fingerprint density at radius 2 is 2.07 bits per heavy atom. The molecule has 0 fully saturated rings. The number of carbonyl (C=O) groups is 1. The van der Waals surface area contributed by atoms with Gasteiger partial charge in [0.1, 0.15) is 23.5 Å². The van der Waals surface area contributed by atoms with Crippen LogP contribution < -0.4 is 10.6 Å². The lowest BCUT2D eigenvalue weighted by Crippen LogP contribution is -2.52. The lowest BCUT2D eigenvalue weighted by atomic mass is 9.97. The zero-order chi connectivity index (χ0) is 21.2. The van der Waals surface area contributed by atoms with Crippen LogP contribution in [0.2, 0.25) is 0 Å². The van der Waals surface area contributed by atoms with Crippen molar-refractivity contribution in [1.29, 1.82) is 0 Å². The number of rotatable bonds is 6. The average molecular weight is 393 g/mol. The van der Waals surface area contributed by atoms with Gasteiger partial charge in [-0.3, -0.25) is 4.79 Å². The number of pyridine rings is 1. The third-order valence-corrected chi connectivity index (χ3v) is 4.32. The second-order valence-electron chi connectivity index (χ2n) is 6.40. The zero-order valence-electron chi connectivity index (χ0n) is 16.2. The molecule has 3 heterocycles. The fourth-order valence-corrected chi connectivity index (χ4v) is 2.58. The molecular formula is C18H19F3N6O. The summed E-state index contributed by atoms with van der Waals surface area (Å²) in [7, 11) is 0. The van der Waals surface area contributed by atoms with Gasteiger partial charge in [-0.1, -0.05) is 6.92 Å². The summed E-state index contributed by atoms with van der Waals surface area (Å²) >= 11 is 0. The highest BCUT2D eigenvalue weighted by Crippen LogP contribution is 2.26. The van der Waals surface area contributed by atoms with Gasteiger partial charge in [0.05, 0.1) is 1.37 Å². The number of fused-ring (bicyclic) bond motifs is 1. The van der Waals surface area contributed by atoms with E-state index in [9.17, 15) is 18.0 Å². The number of aromatic amines is 1. The molecule has 3 rings (SSSR count). The third kappa shape index (κ3) is 4.21. The van der Waals surface area contributed by atoms with Crippen molar-refractivity contribution in [3.63, 3.8) is 0 Å². The Hall–Kier alpha value is -3.17. The van der Waals surface area contributed by atoms with Crippen LogP contribution in [0.25, 0.3) is 22.4 Å². The maximum atomic E-state index is 12.4. The summed E-state index contributed by atoms with van der Waals surface area (Å²) < 4.78 is 45.4. The summed E-state index contributed by atoms with van der Waals surface area (Å²) in [6, 6.07) is 5.00. The highest BCUT2D eigenvalue weighted by molar-refractivity contribution is 5.92. The van der Waals surface area contributed by atoms with Crippen LogP contribution in [0.4, 0.5) is 19.0 Å². The quantitative estimate of drug-likeness (QED) is 0.597. The number of hydrogen-bond donors (Lipinski definition) is 3. The highest BCUT2D eigenvalue weighted by Gasteiger charge is 2.35. The summed E-state index contributed by atoms with van der Waals surface area (Å²) in [6.45, 7) is 1.75. The summed E-state index contributed by atoms with van der Waals surface area (Å²) in [5, 5.41) is 5.45. The van der Waals surface area contributed by atoms with E-state index in [0.717, 1.165) is 0 Å². The number of anilines is 1. The largest absolute Gasteiger partial charge is 0.405 e. The number of nitrogens with one attached hydrogen (secondary N) is 3. The number of alkyl halides is 3. The molecule has 0 spiro atoms. The van der Waals surface area contributed by atoms with Gasteiger partial charge >= 0.3 is 6.18 Å². The van der Waals surface area contributed by atoms with E-state index >= 15 is 0 Å². The molecule has 0 aromatic carbocycles. The van der Waals surface area contributed by atoms with Crippen LogP contribution in [-0.2, 0) is 4.79 Å². The molecule has 3 aromatic heterocycles. The molecule has 3 aromatic rings. The van der Waals surface area contributed by atoms with Gasteiger partial charge in [-0.2, -0.15) is 13.2 Å². The summed E-state index contributed by atoms with van der Waals surface area (Å²) in [5.41, 5.74) is -0.363. The molecule has 0 radical (unpaired) electrons. The monoisotopic (exact) mass is 393 g/mol. The van der Waals surface area contributed by atoms with Crippen LogP contribution >= 0.6 is 0 Å². The van der Waals surface area contributed by atoms with Crippen molar-refractivity contribution in [2.24, 2.45) is 0 Å². The molecular weight excluding hydrogens is 373 g/mol. The van der Waals surface area contributed by atoms with Crippen molar-refractivity contribution in [2.45, 2.75) is 32.0 Å². The van der Waals surface area contributed by atoms with Gasteiger partial charge in [0, 0.05) is 29.5 Å². The van der Waals surface area contributed by atoms with E-state index in [4.69, 9.17) is 1.37 Å². The van der Waals surface area contributed by atoms with Crippen molar-refractivity contribution in [1.82, 2.24) is 25.3 Å². The second kappa shape index (κ2) is 7.45. The fraction of sp³-hybridized carbons (Fsp3) is 0.333. The Labute approximate surface area is 160 Å². The van der Waals surface area contributed by atoms with Gasteiger partial charge in [-0.15, -0.1) is 0 Å². The highest BCUT2D eigenvalue weighted by atomic mass is 19.4. The van der Waals surface area contributed by atoms with E-state index in [-0.39, 0.29) is 24.2 Å². The molecule has 3 N–H and O–H groups in total. The molecule has 7 nitrogen and oxygen atoms in total. The zero-order valence-corrected chi connectivity index (χ0v) is 15.2. The molecule has 1 atom stereocenters. The lowest BCUT2D eigenvalue weighted by Gasteiger charge is -2.29. The lowest BCUT2D eigenvalue weighted by molar-refractivity contribution is -0.140. The SMILES string of the molecule is [2H]c1[nH]c2ncccc2c1-c1nccc(N[C@](C)(CC)C(=O)NCC(F)(F)F)n1. The maximum absolute atomic E-state index is 12.4. The number of hydrogen-bond acceptors (Lipinski definition) is 5. The fourth-order valence-electron chi connectivity index (χ4n) is 2.58. The number of aromatic nitrogens is 4. The Bertz CT molecular complexity index is 1040. The minimum Gasteiger partial charge on any atom is -0.356 e. The topological polar surface area (TPSA) is 95.6 Å². The van der Waals surface area contributed by atoms with Gasteiger partial charge in [-0.05, 0) is 31.5 Å². The molecule has 0 unspecified atom stereocenters. The van der Waals surface area contributed by atoms with Gasteiger partial charge in [0.15, 0.2) is 5.82 Å². The molecule has 28 heavy (non-hydrogen) atoms.